The molecule has 0 aliphatic carbocycles. The van der Waals surface area contributed by atoms with Gasteiger partial charge >= 0.3 is 0 Å². The Labute approximate surface area is 97.5 Å². The minimum Gasteiger partial charge on any atom is -0.254 e. The van der Waals surface area contributed by atoms with Crippen LogP contribution in [0.25, 0.3) is 0 Å². The molecule has 0 saturated carbocycles. The van der Waals surface area contributed by atoms with E-state index in [0.29, 0.717) is 12.4 Å². The smallest absolute Gasteiger partial charge is 0.236 e. The van der Waals surface area contributed by atoms with Gasteiger partial charge < -0.3 is 0 Å². The molecule has 0 N–H and O–H groups in total. The highest BCUT2D eigenvalue weighted by Gasteiger charge is 2.26. The molecule has 82 valence electrons. The van der Waals surface area contributed by atoms with E-state index >= 15 is 0 Å². The molecule has 6 heteroatoms. The Bertz CT molecular complexity index is 444. The van der Waals surface area contributed by atoms with Gasteiger partial charge in [-0.3, -0.25) is 4.31 Å². The van der Waals surface area contributed by atoms with E-state index in [2.05, 4.69) is 20.9 Å². The molecule has 0 atom stereocenters. The Morgan fingerprint density at radius 3 is 2.73 bits per heavy atom. The van der Waals surface area contributed by atoms with Gasteiger partial charge in [0.2, 0.25) is 10.0 Å². The highest BCUT2D eigenvalue weighted by Crippen LogP contribution is 2.22. The second-order valence-electron chi connectivity index (χ2n) is 3.43. The Balaban J connectivity index is 2.33. The molecular formula is C9H11BrN2O2S. The first-order valence-corrected chi connectivity index (χ1v) is 7.12. The molecule has 1 aliphatic heterocycles. The van der Waals surface area contributed by atoms with Gasteiger partial charge in [0.1, 0.15) is 5.82 Å². The van der Waals surface area contributed by atoms with Crippen molar-refractivity contribution < 1.29 is 8.42 Å². The zero-order chi connectivity index (χ0) is 10.9. The van der Waals surface area contributed by atoms with Gasteiger partial charge in [-0.2, -0.15) is 0 Å². The molecule has 1 aromatic rings. The molecule has 4 nitrogen and oxygen atoms in total. The first kappa shape index (κ1) is 10.9. The zero-order valence-electron chi connectivity index (χ0n) is 8.06. The maximum atomic E-state index is 11.7. The number of pyridine rings is 1. The highest BCUT2D eigenvalue weighted by atomic mass is 79.9. The summed E-state index contributed by atoms with van der Waals surface area (Å²) in [6.45, 7) is 0.539. The number of hydrogen-bond donors (Lipinski definition) is 0. The van der Waals surface area contributed by atoms with E-state index in [1.54, 1.807) is 18.3 Å². The van der Waals surface area contributed by atoms with Crippen molar-refractivity contribution in [2.45, 2.75) is 12.8 Å². The van der Waals surface area contributed by atoms with Crippen LogP contribution >= 0.6 is 15.9 Å². The summed E-state index contributed by atoms with van der Waals surface area (Å²) in [5, 5.41) is 0. The van der Waals surface area contributed by atoms with Crippen LogP contribution in [0.2, 0.25) is 0 Å². The molecule has 1 aromatic heterocycles. The van der Waals surface area contributed by atoms with E-state index in [9.17, 15) is 8.42 Å². The van der Waals surface area contributed by atoms with E-state index in [-0.39, 0.29) is 5.75 Å². The Morgan fingerprint density at radius 2 is 2.13 bits per heavy atom. The lowest BCUT2D eigenvalue weighted by molar-refractivity contribution is 0.573. The van der Waals surface area contributed by atoms with Crippen molar-refractivity contribution in [3.05, 3.63) is 22.8 Å². The van der Waals surface area contributed by atoms with Crippen LogP contribution in [0.1, 0.15) is 12.8 Å². The maximum Gasteiger partial charge on any atom is 0.236 e. The van der Waals surface area contributed by atoms with Gasteiger partial charge in [-0.25, -0.2) is 13.4 Å². The van der Waals surface area contributed by atoms with Crippen LogP contribution in [0.3, 0.4) is 0 Å². The van der Waals surface area contributed by atoms with Crippen LogP contribution in [-0.4, -0.2) is 25.7 Å². The van der Waals surface area contributed by atoms with Crippen molar-refractivity contribution in [3.8, 4) is 0 Å². The Morgan fingerprint density at radius 1 is 1.33 bits per heavy atom. The summed E-state index contributed by atoms with van der Waals surface area (Å²) in [4.78, 5) is 4.10. The average molecular weight is 291 g/mol. The molecule has 15 heavy (non-hydrogen) atoms. The number of sulfonamides is 1. The molecule has 0 unspecified atom stereocenters. The van der Waals surface area contributed by atoms with Crippen molar-refractivity contribution in [2.24, 2.45) is 0 Å². The van der Waals surface area contributed by atoms with E-state index < -0.39 is 10.0 Å². The number of halogens is 1. The third-order valence-corrected chi connectivity index (χ3v) is 4.63. The molecule has 2 heterocycles. The summed E-state index contributed by atoms with van der Waals surface area (Å²) >= 11 is 3.27. The van der Waals surface area contributed by atoms with Gasteiger partial charge in [-0.05, 0) is 40.9 Å². The molecule has 1 saturated heterocycles. The predicted octanol–water partition coefficient (Wildman–Crippen LogP) is 1.77. The largest absolute Gasteiger partial charge is 0.254 e. The van der Waals surface area contributed by atoms with Crippen molar-refractivity contribution in [1.29, 1.82) is 0 Å². The van der Waals surface area contributed by atoms with E-state index in [1.807, 2.05) is 0 Å². The molecule has 1 fully saturated rings. The lowest BCUT2D eigenvalue weighted by Crippen LogP contribution is -2.38. The molecule has 2 rings (SSSR count). The zero-order valence-corrected chi connectivity index (χ0v) is 10.5. The Kier molecular flexibility index (Phi) is 2.97. The molecule has 0 radical (unpaired) electrons. The van der Waals surface area contributed by atoms with Crippen LogP contribution < -0.4 is 4.31 Å². The third-order valence-electron chi connectivity index (χ3n) is 2.32. The summed E-state index contributed by atoms with van der Waals surface area (Å²) in [5.41, 5.74) is 0. The van der Waals surface area contributed by atoms with Crippen molar-refractivity contribution in [2.75, 3.05) is 16.6 Å². The van der Waals surface area contributed by atoms with Gasteiger partial charge in [-0.15, -0.1) is 0 Å². The number of hydrogen-bond acceptors (Lipinski definition) is 3. The number of nitrogens with zero attached hydrogens (tertiary/aromatic N) is 2. The summed E-state index contributed by atoms with van der Waals surface area (Å²) in [6.07, 6.45) is 3.26. The quantitative estimate of drug-likeness (QED) is 0.792. The average Bonchev–Trinajstić information content (AvgIpc) is 2.19. The minimum atomic E-state index is -3.13. The lowest BCUT2D eigenvalue weighted by Gasteiger charge is -2.27. The van der Waals surface area contributed by atoms with Gasteiger partial charge in [0.15, 0.2) is 0 Å². The first-order chi connectivity index (χ1) is 7.09. The highest BCUT2D eigenvalue weighted by molar-refractivity contribution is 9.10. The number of rotatable bonds is 1. The van der Waals surface area contributed by atoms with E-state index in [0.717, 1.165) is 17.3 Å². The van der Waals surface area contributed by atoms with Gasteiger partial charge in [0, 0.05) is 17.2 Å². The summed E-state index contributed by atoms with van der Waals surface area (Å²) < 4.78 is 25.7. The molecule has 0 spiro atoms. The summed E-state index contributed by atoms with van der Waals surface area (Å²) in [6, 6.07) is 3.51. The molecule has 0 aromatic carbocycles. The van der Waals surface area contributed by atoms with Crippen LogP contribution in [0.5, 0.6) is 0 Å². The third kappa shape index (κ3) is 2.31. The SMILES string of the molecule is O=S1(=O)CCCCN1c1ccc(Br)cn1. The van der Waals surface area contributed by atoms with Crippen LogP contribution in [0.4, 0.5) is 5.82 Å². The fraction of sp³-hybridized carbons (Fsp3) is 0.444. The molecule has 0 amide bonds. The van der Waals surface area contributed by atoms with Crippen LogP contribution in [-0.2, 0) is 10.0 Å². The topological polar surface area (TPSA) is 50.3 Å². The second-order valence-corrected chi connectivity index (χ2v) is 6.36. The molecule has 0 bridgehead atoms. The van der Waals surface area contributed by atoms with Crippen molar-refractivity contribution >= 4 is 31.8 Å². The monoisotopic (exact) mass is 290 g/mol. The normalized spacial score (nSPS) is 20.2. The standard InChI is InChI=1S/C9H11BrN2O2S/c10-8-3-4-9(11-7-8)12-5-1-2-6-15(12,13)14/h3-4,7H,1-2,5-6H2. The maximum absolute atomic E-state index is 11.7. The molecular weight excluding hydrogens is 280 g/mol. The predicted molar refractivity (Wildman–Crippen MR) is 62.3 cm³/mol. The number of aromatic nitrogens is 1. The molecule has 1 aliphatic rings. The first-order valence-electron chi connectivity index (χ1n) is 4.71. The van der Waals surface area contributed by atoms with Crippen molar-refractivity contribution in [3.63, 3.8) is 0 Å². The fourth-order valence-electron chi connectivity index (χ4n) is 1.56. The van der Waals surface area contributed by atoms with Gasteiger partial charge in [0.25, 0.3) is 0 Å². The fourth-order valence-corrected chi connectivity index (χ4v) is 3.39. The lowest BCUT2D eigenvalue weighted by atomic mass is 10.3. The second kappa shape index (κ2) is 4.09. The van der Waals surface area contributed by atoms with Crippen molar-refractivity contribution in [1.82, 2.24) is 4.98 Å². The van der Waals surface area contributed by atoms with E-state index in [4.69, 9.17) is 0 Å². The van der Waals surface area contributed by atoms with Crippen LogP contribution in [0, 0.1) is 0 Å². The summed E-state index contributed by atoms with van der Waals surface area (Å²) in [5.74, 6) is 0.739. The number of anilines is 1. The summed E-state index contributed by atoms with van der Waals surface area (Å²) in [7, 11) is -3.13. The van der Waals surface area contributed by atoms with Crippen LogP contribution in [0.15, 0.2) is 22.8 Å². The minimum absolute atomic E-state index is 0.227. The van der Waals surface area contributed by atoms with Gasteiger partial charge in [-0.1, -0.05) is 0 Å². The van der Waals surface area contributed by atoms with Gasteiger partial charge in [0.05, 0.1) is 5.75 Å². The Hall–Kier alpha value is -0.620. The van der Waals surface area contributed by atoms with E-state index in [1.165, 1.54) is 4.31 Å².